The lowest BCUT2D eigenvalue weighted by Crippen LogP contribution is -2.35. The molecule has 1 unspecified atom stereocenters. The molecule has 0 spiro atoms. The molecule has 1 aliphatic carbocycles. The van der Waals surface area contributed by atoms with Crippen LogP contribution in [0.25, 0.3) is 0 Å². The van der Waals surface area contributed by atoms with Gasteiger partial charge in [0.1, 0.15) is 0 Å². The summed E-state index contributed by atoms with van der Waals surface area (Å²) in [5.41, 5.74) is 0. The first-order valence-corrected chi connectivity index (χ1v) is 7.31. The monoisotopic (exact) mass is 282 g/mol. The molecule has 1 heterocycles. The molecule has 1 aliphatic rings. The molecule has 0 radical (unpaired) electrons. The Morgan fingerprint density at radius 1 is 1.42 bits per heavy atom. The highest BCUT2D eigenvalue weighted by Gasteiger charge is 2.29. The summed E-state index contributed by atoms with van der Waals surface area (Å²) in [7, 11) is 0. The van der Waals surface area contributed by atoms with Gasteiger partial charge in [-0.2, -0.15) is 0 Å². The van der Waals surface area contributed by atoms with Crippen LogP contribution in [0.5, 0.6) is 0 Å². The van der Waals surface area contributed by atoms with Crippen LogP contribution in [0.2, 0.25) is 0 Å². The zero-order valence-corrected chi connectivity index (χ0v) is 11.4. The highest BCUT2D eigenvalue weighted by Crippen LogP contribution is 2.32. The molecule has 3 N–H and O–H groups in total. The minimum Gasteiger partial charge on any atom is -0.391 e. The fraction of sp³-hybridized carbons (Fsp3) is 0.538. The van der Waals surface area contributed by atoms with Crippen LogP contribution in [0.1, 0.15) is 28.9 Å². The summed E-state index contributed by atoms with van der Waals surface area (Å²) < 4.78 is 0. The molecule has 5 nitrogen and oxygen atoms in total. The van der Waals surface area contributed by atoms with Crippen LogP contribution in [0.15, 0.2) is 17.5 Å². The first kappa shape index (κ1) is 14.0. The van der Waals surface area contributed by atoms with E-state index in [9.17, 15) is 14.7 Å². The van der Waals surface area contributed by atoms with Crippen molar-refractivity contribution in [3.63, 3.8) is 0 Å². The van der Waals surface area contributed by atoms with Crippen molar-refractivity contribution < 1.29 is 14.7 Å². The third-order valence-corrected chi connectivity index (χ3v) is 3.93. The van der Waals surface area contributed by atoms with E-state index in [4.69, 9.17) is 0 Å². The molecule has 0 saturated heterocycles. The number of amides is 2. The van der Waals surface area contributed by atoms with Crippen LogP contribution in [-0.2, 0) is 4.79 Å². The topological polar surface area (TPSA) is 78.4 Å². The number of hydrogen-bond donors (Lipinski definition) is 3. The first-order valence-electron chi connectivity index (χ1n) is 6.43. The van der Waals surface area contributed by atoms with Gasteiger partial charge in [0.2, 0.25) is 5.91 Å². The highest BCUT2D eigenvalue weighted by atomic mass is 32.1. The van der Waals surface area contributed by atoms with Crippen molar-refractivity contribution in [1.82, 2.24) is 10.6 Å². The van der Waals surface area contributed by atoms with Crippen molar-refractivity contribution in [2.75, 3.05) is 13.1 Å². The van der Waals surface area contributed by atoms with E-state index in [1.807, 2.05) is 11.4 Å². The van der Waals surface area contributed by atoms with Crippen molar-refractivity contribution in [3.8, 4) is 0 Å². The molecule has 1 atom stereocenters. The van der Waals surface area contributed by atoms with E-state index in [0.717, 1.165) is 12.8 Å². The van der Waals surface area contributed by atoms with E-state index >= 15 is 0 Å². The molecule has 0 aliphatic heterocycles. The number of thiophene rings is 1. The quantitative estimate of drug-likeness (QED) is 0.690. The lowest BCUT2D eigenvalue weighted by atomic mass is 10.2. The second-order valence-corrected chi connectivity index (χ2v) is 5.64. The maximum Gasteiger partial charge on any atom is 0.261 e. The summed E-state index contributed by atoms with van der Waals surface area (Å²) in [6.07, 6.45) is 1.90. The van der Waals surface area contributed by atoms with Gasteiger partial charge in [-0.3, -0.25) is 9.59 Å². The Kier molecular flexibility index (Phi) is 4.93. The van der Waals surface area contributed by atoms with Crippen LogP contribution in [-0.4, -0.2) is 36.1 Å². The Labute approximate surface area is 116 Å². The number of aliphatic hydroxyl groups excluding tert-OH is 1. The molecular weight excluding hydrogens is 264 g/mol. The van der Waals surface area contributed by atoms with Crippen molar-refractivity contribution in [2.45, 2.75) is 25.4 Å². The van der Waals surface area contributed by atoms with Gasteiger partial charge in [0.15, 0.2) is 0 Å². The minimum absolute atomic E-state index is 0.147. The fourth-order valence-electron chi connectivity index (χ4n) is 1.74. The molecule has 1 fully saturated rings. The Hall–Kier alpha value is -1.40. The maximum absolute atomic E-state index is 11.6. The van der Waals surface area contributed by atoms with E-state index in [1.165, 1.54) is 11.3 Å². The summed E-state index contributed by atoms with van der Waals surface area (Å²) in [5.74, 6) is 0.0610. The zero-order valence-electron chi connectivity index (χ0n) is 10.6. The maximum atomic E-state index is 11.6. The van der Waals surface area contributed by atoms with Gasteiger partial charge >= 0.3 is 0 Å². The molecule has 6 heteroatoms. The zero-order chi connectivity index (χ0) is 13.7. The predicted molar refractivity (Wildman–Crippen MR) is 73.0 cm³/mol. The summed E-state index contributed by atoms with van der Waals surface area (Å²) in [6.45, 7) is 0.616. The van der Waals surface area contributed by atoms with Crippen LogP contribution in [0, 0.1) is 5.92 Å². The number of nitrogens with one attached hydrogen (secondary N) is 2. The van der Waals surface area contributed by atoms with E-state index in [0.29, 0.717) is 23.9 Å². The van der Waals surface area contributed by atoms with Gasteiger partial charge in [0, 0.05) is 19.5 Å². The van der Waals surface area contributed by atoms with Crippen LogP contribution < -0.4 is 10.6 Å². The Bertz CT molecular complexity index is 429. The lowest BCUT2D eigenvalue weighted by molar-refractivity contribution is -0.121. The molecule has 0 aromatic carbocycles. The Morgan fingerprint density at radius 3 is 2.84 bits per heavy atom. The SMILES string of the molecule is O=C(CCNC(=O)c1cccs1)NCC(O)C1CC1. The minimum atomic E-state index is -0.426. The fourth-order valence-corrected chi connectivity index (χ4v) is 2.38. The molecule has 0 bridgehead atoms. The summed E-state index contributed by atoms with van der Waals surface area (Å²) in [4.78, 5) is 23.7. The van der Waals surface area contributed by atoms with Crippen molar-refractivity contribution >= 4 is 23.2 Å². The average Bonchev–Trinajstić information content (AvgIpc) is 3.10. The molecule has 1 aromatic rings. The van der Waals surface area contributed by atoms with Crippen molar-refractivity contribution in [1.29, 1.82) is 0 Å². The van der Waals surface area contributed by atoms with E-state index in [1.54, 1.807) is 6.07 Å². The highest BCUT2D eigenvalue weighted by molar-refractivity contribution is 7.12. The Morgan fingerprint density at radius 2 is 2.21 bits per heavy atom. The van der Waals surface area contributed by atoms with E-state index < -0.39 is 6.10 Å². The average molecular weight is 282 g/mol. The van der Waals surface area contributed by atoms with Gasteiger partial charge in [0.05, 0.1) is 11.0 Å². The molecule has 104 valence electrons. The summed E-state index contributed by atoms with van der Waals surface area (Å²) in [5, 5.41) is 16.8. The molecule has 1 saturated carbocycles. The van der Waals surface area contributed by atoms with Gasteiger partial charge in [0.25, 0.3) is 5.91 Å². The second-order valence-electron chi connectivity index (χ2n) is 4.69. The lowest BCUT2D eigenvalue weighted by Gasteiger charge is -2.10. The van der Waals surface area contributed by atoms with Crippen molar-refractivity contribution in [3.05, 3.63) is 22.4 Å². The summed E-state index contributed by atoms with van der Waals surface area (Å²) in [6, 6.07) is 3.55. The molecular formula is C13H18N2O3S. The number of hydrogen-bond acceptors (Lipinski definition) is 4. The number of aliphatic hydroxyl groups is 1. The van der Waals surface area contributed by atoms with Crippen molar-refractivity contribution in [2.24, 2.45) is 5.92 Å². The summed E-state index contributed by atoms with van der Waals surface area (Å²) >= 11 is 1.37. The van der Waals surface area contributed by atoms with Crippen LogP contribution >= 0.6 is 11.3 Å². The molecule has 2 rings (SSSR count). The number of rotatable bonds is 7. The van der Waals surface area contributed by atoms with Gasteiger partial charge in [-0.25, -0.2) is 0 Å². The van der Waals surface area contributed by atoms with E-state index in [2.05, 4.69) is 10.6 Å². The normalized spacial score (nSPS) is 15.8. The number of carbonyl (C=O) groups excluding carboxylic acids is 2. The standard InChI is InChI=1S/C13H18N2O3S/c16-10(9-3-4-9)8-15-12(17)5-6-14-13(18)11-2-1-7-19-11/h1-2,7,9-10,16H,3-6,8H2,(H,14,18)(H,15,17). The third kappa shape index (κ3) is 4.65. The largest absolute Gasteiger partial charge is 0.391 e. The molecule has 19 heavy (non-hydrogen) atoms. The smallest absolute Gasteiger partial charge is 0.261 e. The number of carbonyl (C=O) groups is 2. The molecule has 1 aromatic heterocycles. The second kappa shape index (κ2) is 6.68. The van der Waals surface area contributed by atoms with E-state index in [-0.39, 0.29) is 18.2 Å². The van der Waals surface area contributed by atoms with Gasteiger partial charge in [-0.15, -0.1) is 11.3 Å². The molecule has 2 amide bonds. The third-order valence-electron chi connectivity index (χ3n) is 3.06. The first-order chi connectivity index (χ1) is 9.16. The van der Waals surface area contributed by atoms with Crippen LogP contribution in [0.4, 0.5) is 0 Å². The predicted octanol–water partition coefficient (Wildman–Crippen LogP) is 0.755. The van der Waals surface area contributed by atoms with Gasteiger partial charge in [-0.05, 0) is 30.2 Å². The van der Waals surface area contributed by atoms with Gasteiger partial charge < -0.3 is 15.7 Å². The van der Waals surface area contributed by atoms with Gasteiger partial charge in [-0.1, -0.05) is 6.07 Å². The van der Waals surface area contributed by atoms with Crippen LogP contribution in [0.3, 0.4) is 0 Å². The Balaban J connectivity index is 1.57.